The number of rotatable bonds is 5. The lowest BCUT2D eigenvalue weighted by atomic mass is 10.2. The van der Waals surface area contributed by atoms with Crippen LogP contribution in [0.15, 0.2) is 57.8 Å². The number of hydrogen-bond donors (Lipinski definition) is 1. The number of thiophene rings is 1. The number of amides is 1. The number of nitrogens with one attached hydrogen (secondary N) is 1. The van der Waals surface area contributed by atoms with E-state index in [4.69, 9.17) is 16.0 Å². The van der Waals surface area contributed by atoms with Crippen molar-refractivity contribution in [2.45, 2.75) is 24.0 Å². The van der Waals surface area contributed by atoms with Crippen LogP contribution in [0.1, 0.15) is 23.5 Å². The Balaban J connectivity index is 1.54. The summed E-state index contributed by atoms with van der Waals surface area (Å²) < 4.78 is 30.9. The fourth-order valence-corrected chi connectivity index (χ4v) is 5.24. The van der Waals surface area contributed by atoms with E-state index in [1.807, 2.05) is 24.3 Å². The summed E-state index contributed by atoms with van der Waals surface area (Å²) in [6.45, 7) is 3.25. The molecule has 0 aliphatic heterocycles. The Morgan fingerprint density at radius 3 is 2.47 bits per heavy atom. The molecule has 7 nitrogen and oxygen atoms in total. The number of anilines is 1. The largest absolute Gasteiger partial charge is 0.403 e. The zero-order chi connectivity index (χ0) is 21.5. The quantitative estimate of drug-likeness (QED) is 0.446. The molecular formula is C20H16ClN3O4S2. The van der Waals surface area contributed by atoms with Gasteiger partial charge in [0.2, 0.25) is 5.89 Å². The normalized spacial score (nSPS) is 11.9. The minimum Gasteiger partial charge on any atom is -0.403 e. The van der Waals surface area contributed by atoms with E-state index in [2.05, 4.69) is 15.5 Å². The van der Waals surface area contributed by atoms with Gasteiger partial charge in [-0.1, -0.05) is 34.9 Å². The molecule has 2 heterocycles. The van der Waals surface area contributed by atoms with Crippen LogP contribution < -0.4 is 5.32 Å². The number of carbonyl (C=O) groups excluding carboxylic acids is 1. The highest BCUT2D eigenvalue weighted by atomic mass is 35.5. The molecule has 2 aromatic heterocycles. The summed E-state index contributed by atoms with van der Waals surface area (Å²) in [6.07, 6.45) is 0. The number of sulfone groups is 1. The average molecular weight is 462 g/mol. The van der Waals surface area contributed by atoms with Crippen molar-refractivity contribution >= 4 is 54.8 Å². The van der Waals surface area contributed by atoms with Crippen LogP contribution in [0.2, 0.25) is 5.02 Å². The molecule has 1 N–H and O–H groups in total. The van der Waals surface area contributed by atoms with Gasteiger partial charge in [-0.2, -0.15) is 0 Å². The molecule has 4 aromatic rings. The first-order valence-electron chi connectivity index (χ1n) is 8.93. The Labute approximate surface area is 181 Å². The maximum Gasteiger partial charge on any atom is 0.322 e. The van der Waals surface area contributed by atoms with Crippen LogP contribution in [0.4, 0.5) is 6.01 Å². The predicted molar refractivity (Wildman–Crippen MR) is 117 cm³/mol. The Bertz CT molecular complexity index is 1340. The van der Waals surface area contributed by atoms with Crippen LogP contribution in [0.3, 0.4) is 0 Å². The van der Waals surface area contributed by atoms with Crippen LogP contribution in [-0.2, 0) is 9.84 Å². The molecule has 0 aliphatic carbocycles. The number of benzene rings is 2. The topological polar surface area (TPSA) is 102 Å². The van der Waals surface area contributed by atoms with Crippen LogP contribution in [0.25, 0.3) is 21.5 Å². The number of aromatic nitrogens is 2. The molecule has 0 saturated carbocycles. The lowest BCUT2D eigenvalue weighted by Gasteiger charge is -2.07. The molecule has 0 aliphatic rings. The van der Waals surface area contributed by atoms with Gasteiger partial charge in [0.25, 0.3) is 5.91 Å². The predicted octanol–water partition coefficient (Wildman–Crippen LogP) is 5.04. The molecule has 0 atom stereocenters. The second kappa shape index (κ2) is 7.82. The molecule has 0 saturated heterocycles. The van der Waals surface area contributed by atoms with E-state index in [-0.39, 0.29) is 16.8 Å². The van der Waals surface area contributed by atoms with Gasteiger partial charge in [0.1, 0.15) is 4.88 Å². The molecule has 154 valence electrons. The summed E-state index contributed by atoms with van der Waals surface area (Å²) in [5.74, 6) is -0.295. The molecule has 1 amide bonds. The van der Waals surface area contributed by atoms with Crippen LogP contribution in [-0.4, -0.2) is 29.8 Å². The first kappa shape index (κ1) is 20.5. The zero-order valence-electron chi connectivity index (χ0n) is 15.9. The summed E-state index contributed by atoms with van der Waals surface area (Å²) >= 11 is 7.60. The van der Waals surface area contributed by atoms with Gasteiger partial charge in [0.05, 0.1) is 15.2 Å². The molecular weight excluding hydrogens is 446 g/mol. The Kier molecular flexibility index (Phi) is 5.35. The third-order valence-electron chi connectivity index (χ3n) is 4.44. The molecule has 0 fully saturated rings. The third-order valence-corrected chi connectivity index (χ3v) is 8.28. The number of hydrogen-bond acceptors (Lipinski definition) is 7. The van der Waals surface area contributed by atoms with Gasteiger partial charge >= 0.3 is 6.01 Å². The number of fused-ring (bicyclic) bond motifs is 1. The van der Waals surface area contributed by atoms with Crippen molar-refractivity contribution < 1.29 is 17.6 Å². The number of halogens is 1. The van der Waals surface area contributed by atoms with E-state index in [0.29, 0.717) is 15.5 Å². The highest BCUT2D eigenvalue weighted by Gasteiger charge is 2.21. The molecule has 2 aromatic carbocycles. The standard InChI is InChI=1S/C20H16ClN3O4S2/c1-11(2)30(26,27)13-9-7-12(8-10-13)19-23-24-20(28-19)22-18(25)17-16(21)14-5-3-4-6-15(14)29-17/h3-11H,1-2H3,(H,22,24,25). The molecule has 0 unspecified atom stereocenters. The van der Waals surface area contributed by atoms with Crippen molar-refractivity contribution in [3.63, 3.8) is 0 Å². The molecule has 4 rings (SSSR count). The Morgan fingerprint density at radius 1 is 1.10 bits per heavy atom. The molecule has 0 bridgehead atoms. The summed E-state index contributed by atoms with van der Waals surface area (Å²) in [5.41, 5.74) is 0.533. The van der Waals surface area contributed by atoms with Crippen molar-refractivity contribution in [1.82, 2.24) is 10.2 Å². The van der Waals surface area contributed by atoms with Gasteiger partial charge in [-0.25, -0.2) is 8.42 Å². The summed E-state index contributed by atoms with van der Waals surface area (Å²) in [7, 11) is -3.37. The first-order valence-corrected chi connectivity index (χ1v) is 11.7. The van der Waals surface area contributed by atoms with Gasteiger partial charge in [-0.3, -0.25) is 10.1 Å². The van der Waals surface area contributed by atoms with Gasteiger partial charge in [-0.15, -0.1) is 16.4 Å². The monoisotopic (exact) mass is 461 g/mol. The van der Waals surface area contributed by atoms with E-state index in [9.17, 15) is 13.2 Å². The second-order valence-corrected chi connectivity index (χ2v) is 10.7. The lowest BCUT2D eigenvalue weighted by molar-refractivity contribution is 0.102. The molecule has 10 heteroatoms. The summed E-state index contributed by atoms with van der Waals surface area (Å²) in [6, 6.07) is 13.5. The molecule has 0 spiro atoms. The minimum absolute atomic E-state index is 0.0811. The van der Waals surface area contributed by atoms with Crippen molar-refractivity contribution in [1.29, 1.82) is 0 Å². The summed E-state index contributed by atoms with van der Waals surface area (Å²) in [5, 5.41) is 11.0. The highest BCUT2D eigenvalue weighted by molar-refractivity contribution is 7.92. The molecule has 0 radical (unpaired) electrons. The SMILES string of the molecule is CC(C)S(=O)(=O)c1ccc(-c2nnc(NC(=O)c3sc4ccccc4c3Cl)o2)cc1. The van der Waals surface area contributed by atoms with Crippen LogP contribution in [0.5, 0.6) is 0 Å². The first-order chi connectivity index (χ1) is 14.3. The highest BCUT2D eigenvalue weighted by Crippen LogP contribution is 2.35. The van der Waals surface area contributed by atoms with Gasteiger partial charge < -0.3 is 4.42 Å². The van der Waals surface area contributed by atoms with E-state index in [1.165, 1.54) is 23.5 Å². The van der Waals surface area contributed by atoms with Crippen LogP contribution in [0, 0.1) is 0 Å². The second-order valence-electron chi connectivity index (χ2n) is 6.73. The lowest BCUT2D eigenvalue weighted by Crippen LogP contribution is -2.13. The van der Waals surface area contributed by atoms with Crippen molar-refractivity contribution in [3.05, 3.63) is 58.4 Å². The van der Waals surface area contributed by atoms with E-state index < -0.39 is 21.0 Å². The number of carbonyl (C=O) groups is 1. The van der Waals surface area contributed by atoms with E-state index in [1.54, 1.807) is 26.0 Å². The average Bonchev–Trinajstić information content (AvgIpc) is 3.33. The maximum atomic E-state index is 12.6. The Hall–Kier alpha value is -2.75. The Morgan fingerprint density at radius 2 is 1.80 bits per heavy atom. The zero-order valence-corrected chi connectivity index (χ0v) is 18.3. The van der Waals surface area contributed by atoms with E-state index >= 15 is 0 Å². The van der Waals surface area contributed by atoms with Crippen molar-refractivity contribution in [2.24, 2.45) is 0 Å². The third kappa shape index (κ3) is 3.71. The van der Waals surface area contributed by atoms with Crippen molar-refractivity contribution in [2.75, 3.05) is 5.32 Å². The minimum atomic E-state index is -3.37. The van der Waals surface area contributed by atoms with Gasteiger partial charge in [-0.05, 0) is 44.2 Å². The number of nitrogens with zero attached hydrogens (tertiary/aromatic N) is 2. The van der Waals surface area contributed by atoms with Crippen LogP contribution >= 0.6 is 22.9 Å². The fraction of sp³-hybridized carbons (Fsp3) is 0.150. The van der Waals surface area contributed by atoms with Crippen molar-refractivity contribution in [3.8, 4) is 11.5 Å². The fourth-order valence-electron chi connectivity index (χ4n) is 2.76. The van der Waals surface area contributed by atoms with Gasteiger partial charge in [0, 0.05) is 15.6 Å². The summed E-state index contributed by atoms with van der Waals surface area (Å²) in [4.78, 5) is 13.2. The van der Waals surface area contributed by atoms with E-state index in [0.717, 1.165) is 10.1 Å². The smallest absolute Gasteiger partial charge is 0.322 e. The molecule has 30 heavy (non-hydrogen) atoms. The van der Waals surface area contributed by atoms with Gasteiger partial charge in [0.15, 0.2) is 9.84 Å². The maximum absolute atomic E-state index is 12.6.